The fourth-order valence-electron chi connectivity index (χ4n) is 13.4. The number of carboxylic acid groups (broad SMARTS) is 1. The first kappa shape index (κ1) is 99.5. The number of carboxylic acids is 1. The average Bonchev–Trinajstić information content (AvgIpc) is 1.16. The summed E-state index contributed by atoms with van der Waals surface area (Å²) in [6, 6.07) is 0. The standard InChI is InChI=1S/C94H171NO8/c1-6-8-10-12-14-16-18-20-22-24-26-28-30-32-34-36-38-40-42-44-45-46-47-49-50-52-54-56-58-60-62-64-66-68-70-72-74-76-78-80-82-84-91(96)101-88-90(89-102-94(93(98)99)100-87-86-95(3,4)5)103-92(97)85-83-81-79-77-75-73-71-69-67-65-63-61-59-57-55-53-51-48-43-41-39-37-35-33-31-29-27-25-23-21-19-17-15-13-11-9-7-2/h9,11,15,17,21,23-24,26-27,29,33,35,39,41,90,94H,6-8,10,12-14,16,18-20,22,25,28,30-32,34,36-38,40,42-89H2,1-5H3/p+1/b11-9-,17-15-,23-21-,26-24-,29-27-,35-33-,41-39-. The van der Waals surface area contributed by atoms with E-state index in [0.717, 1.165) is 77.0 Å². The normalized spacial score (nSPS) is 13.0. The van der Waals surface area contributed by atoms with Crippen LogP contribution in [-0.2, 0) is 33.3 Å². The summed E-state index contributed by atoms with van der Waals surface area (Å²) in [6.45, 7) is 4.83. The number of hydrogen-bond donors (Lipinski definition) is 1. The number of carbonyl (C=O) groups is 3. The minimum atomic E-state index is -1.51. The van der Waals surface area contributed by atoms with E-state index >= 15 is 0 Å². The molecule has 2 unspecified atom stereocenters. The van der Waals surface area contributed by atoms with E-state index in [9.17, 15) is 19.5 Å². The Morgan fingerprint density at radius 2 is 0.553 bits per heavy atom. The molecular formula is C94H172NO8+. The smallest absolute Gasteiger partial charge is 0.361 e. The van der Waals surface area contributed by atoms with Gasteiger partial charge in [0.1, 0.15) is 13.2 Å². The van der Waals surface area contributed by atoms with Crippen LogP contribution in [0.2, 0.25) is 0 Å². The average molecular weight is 1440 g/mol. The van der Waals surface area contributed by atoms with Crippen LogP contribution in [0.1, 0.15) is 438 Å². The van der Waals surface area contributed by atoms with Gasteiger partial charge in [0, 0.05) is 12.8 Å². The van der Waals surface area contributed by atoms with Crippen molar-refractivity contribution in [2.24, 2.45) is 0 Å². The van der Waals surface area contributed by atoms with Crippen molar-refractivity contribution in [3.63, 3.8) is 0 Å². The van der Waals surface area contributed by atoms with Crippen molar-refractivity contribution in [2.75, 3.05) is 47.5 Å². The quantitative estimate of drug-likeness (QED) is 0.0211. The molecule has 0 saturated heterocycles. The van der Waals surface area contributed by atoms with Gasteiger partial charge < -0.3 is 28.5 Å². The van der Waals surface area contributed by atoms with Gasteiger partial charge in [-0.05, 0) is 89.9 Å². The highest BCUT2D eigenvalue weighted by molar-refractivity contribution is 5.71. The van der Waals surface area contributed by atoms with Crippen molar-refractivity contribution in [2.45, 2.75) is 450 Å². The lowest BCUT2D eigenvalue weighted by molar-refractivity contribution is -0.870. The molecule has 600 valence electrons. The van der Waals surface area contributed by atoms with Gasteiger partial charge in [-0.2, -0.15) is 0 Å². The molecule has 0 aromatic carbocycles. The number of ether oxygens (including phenoxy) is 4. The Morgan fingerprint density at radius 1 is 0.301 bits per heavy atom. The SMILES string of the molecule is CC/C=C\C/C=C\C/C=C\C/C=C\C/C=C\C/C=C\CCCCCCCCCCCCCCCCCCCCC(=O)OC(COC(=O)CCCCCCCCCCCCCCCCCCCCCCCCCCCCCCC/C=C\CCCCCCCCCC)COC(OCC[N+](C)(C)C)C(=O)O. The Bertz CT molecular complexity index is 1980. The number of carbonyl (C=O) groups excluding carboxylic acids is 2. The molecule has 0 aliphatic rings. The monoisotopic (exact) mass is 1440 g/mol. The van der Waals surface area contributed by atoms with E-state index in [1.807, 2.05) is 21.1 Å². The molecular weight excluding hydrogens is 1270 g/mol. The fourth-order valence-corrected chi connectivity index (χ4v) is 13.4. The van der Waals surface area contributed by atoms with E-state index in [-0.39, 0.29) is 38.2 Å². The minimum Gasteiger partial charge on any atom is -0.477 e. The molecule has 0 amide bonds. The lowest BCUT2D eigenvalue weighted by atomic mass is 10.0. The lowest BCUT2D eigenvalue weighted by Gasteiger charge is -2.25. The minimum absolute atomic E-state index is 0.178. The third kappa shape index (κ3) is 85.6. The summed E-state index contributed by atoms with van der Waals surface area (Å²) in [5.41, 5.74) is 0. The van der Waals surface area contributed by atoms with E-state index in [2.05, 4.69) is 98.9 Å². The van der Waals surface area contributed by atoms with E-state index in [0.29, 0.717) is 17.4 Å². The Labute approximate surface area is 640 Å². The van der Waals surface area contributed by atoms with Crippen LogP contribution < -0.4 is 0 Å². The summed E-state index contributed by atoms with van der Waals surface area (Å²) in [5.74, 6) is -1.98. The molecule has 1 N–H and O–H groups in total. The second-order valence-corrected chi connectivity index (χ2v) is 31.5. The first-order chi connectivity index (χ1) is 50.6. The van der Waals surface area contributed by atoms with Gasteiger partial charge in [-0.25, -0.2) is 4.79 Å². The summed E-state index contributed by atoms with van der Waals surface area (Å²) in [6.07, 6.45) is 114. The van der Waals surface area contributed by atoms with Crippen molar-refractivity contribution in [3.8, 4) is 0 Å². The maximum atomic E-state index is 13.0. The van der Waals surface area contributed by atoms with E-state index in [1.54, 1.807) is 0 Å². The van der Waals surface area contributed by atoms with Crippen LogP contribution >= 0.6 is 0 Å². The summed E-state index contributed by atoms with van der Waals surface area (Å²) in [7, 11) is 6.00. The second-order valence-electron chi connectivity index (χ2n) is 31.5. The topological polar surface area (TPSA) is 108 Å². The molecule has 0 heterocycles. The van der Waals surface area contributed by atoms with Gasteiger partial charge in [0.2, 0.25) is 0 Å². The number of unbranched alkanes of at least 4 members (excludes halogenated alkanes) is 55. The van der Waals surface area contributed by atoms with Crippen LogP contribution in [0.15, 0.2) is 85.1 Å². The molecule has 0 aromatic heterocycles. The fraction of sp³-hybridized carbons (Fsp3) is 0.819. The van der Waals surface area contributed by atoms with Gasteiger partial charge >= 0.3 is 17.9 Å². The molecule has 0 fully saturated rings. The molecule has 0 aromatic rings. The number of rotatable bonds is 84. The van der Waals surface area contributed by atoms with Crippen LogP contribution in [-0.4, -0.2) is 87.4 Å². The van der Waals surface area contributed by atoms with Crippen LogP contribution in [0.3, 0.4) is 0 Å². The van der Waals surface area contributed by atoms with Crippen molar-refractivity contribution in [1.82, 2.24) is 0 Å². The van der Waals surface area contributed by atoms with Crippen molar-refractivity contribution >= 4 is 17.9 Å². The number of likely N-dealkylation sites (N-methyl/N-ethyl adjacent to an activating group) is 1. The highest BCUT2D eigenvalue weighted by atomic mass is 16.7. The van der Waals surface area contributed by atoms with E-state index in [4.69, 9.17) is 18.9 Å². The number of esters is 2. The van der Waals surface area contributed by atoms with E-state index < -0.39 is 18.4 Å². The molecule has 9 nitrogen and oxygen atoms in total. The predicted molar refractivity (Wildman–Crippen MR) is 447 cm³/mol. The highest BCUT2D eigenvalue weighted by Crippen LogP contribution is 2.20. The van der Waals surface area contributed by atoms with Gasteiger partial charge in [0.05, 0.1) is 34.4 Å². The van der Waals surface area contributed by atoms with Gasteiger partial charge in [0.25, 0.3) is 6.29 Å². The molecule has 103 heavy (non-hydrogen) atoms. The molecule has 0 bridgehead atoms. The van der Waals surface area contributed by atoms with Crippen molar-refractivity contribution in [1.29, 1.82) is 0 Å². The largest absolute Gasteiger partial charge is 0.477 e. The molecule has 0 saturated carbocycles. The molecule has 9 heteroatoms. The van der Waals surface area contributed by atoms with Crippen LogP contribution in [0.5, 0.6) is 0 Å². The number of aliphatic carboxylic acids is 1. The van der Waals surface area contributed by atoms with Crippen molar-refractivity contribution < 1.29 is 42.9 Å². The molecule has 2 atom stereocenters. The highest BCUT2D eigenvalue weighted by Gasteiger charge is 2.25. The number of nitrogens with zero attached hydrogens (tertiary/aromatic N) is 1. The van der Waals surface area contributed by atoms with Crippen molar-refractivity contribution in [3.05, 3.63) is 85.1 Å². The van der Waals surface area contributed by atoms with Gasteiger partial charge in [-0.3, -0.25) is 9.59 Å². The number of allylic oxidation sites excluding steroid dienone is 14. The summed E-state index contributed by atoms with van der Waals surface area (Å²) in [5, 5.41) is 9.79. The number of quaternary nitrogens is 1. The molecule has 0 aliphatic heterocycles. The zero-order valence-electron chi connectivity index (χ0n) is 69.0. The third-order valence-corrected chi connectivity index (χ3v) is 20.1. The van der Waals surface area contributed by atoms with Crippen LogP contribution in [0, 0.1) is 0 Å². The van der Waals surface area contributed by atoms with Gasteiger partial charge in [0.15, 0.2) is 6.10 Å². The lowest BCUT2D eigenvalue weighted by Crippen LogP contribution is -2.40. The number of hydrogen-bond acceptors (Lipinski definition) is 7. The first-order valence-electron chi connectivity index (χ1n) is 44.8. The Kier molecular flexibility index (Phi) is 81.2. The van der Waals surface area contributed by atoms with E-state index in [1.165, 1.54) is 334 Å². The van der Waals surface area contributed by atoms with Gasteiger partial charge in [-0.1, -0.05) is 420 Å². The van der Waals surface area contributed by atoms with Crippen LogP contribution in [0.4, 0.5) is 0 Å². The molecule has 0 radical (unpaired) electrons. The molecule has 0 rings (SSSR count). The Balaban J connectivity index is 3.92. The Morgan fingerprint density at radius 3 is 0.835 bits per heavy atom. The van der Waals surface area contributed by atoms with Gasteiger partial charge in [-0.15, -0.1) is 0 Å². The van der Waals surface area contributed by atoms with Crippen LogP contribution in [0.25, 0.3) is 0 Å². The zero-order valence-corrected chi connectivity index (χ0v) is 69.0. The Hall–Kier alpha value is -3.53. The summed E-state index contributed by atoms with van der Waals surface area (Å²) in [4.78, 5) is 37.8. The second kappa shape index (κ2) is 84.1. The summed E-state index contributed by atoms with van der Waals surface area (Å²) < 4.78 is 23.1. The predicted octanol–water partition coefficient (Wildman–Crippen LogP) is 29.3. The maximum absolute atomic E-state index is 13.0. The third-order valence-electron chi connectivity index (χ3n) is 20.1. The summed E-state index contributed by atoms with van der Waals surface area (Å²) >= 11 is 0. The molecule has 0 aliphatic carbocycles. The first-order valence-corrected chi connectivity index (χ1v) is 44.8. The molecule has 0 spiro atoms. The maximum Gasteiger partial charge on any atom is 0.361 e. The zero-order chi connectivity index (χ0) is 74.6.